The number of carbonyl (C=O) groups is 2. The zero-order valence-corrected chi connectivity index (χ0v) is 25.1. The number of nitrogens with one attached hydrogen (secondary N) is 1. The van der Waals surface area contributed by atoms with Crippen LogP contribution in [-0.4, -0.2) is 46.4 Å². The van der Waals surface area contributed by atoms with Crippen molar-refractivity contribution in [3.05, 3.63) is 126 Å². The number of para-hydroxylation sites is 1. The van der Waals surface area contributed by atoms with Crippen molar-refractivity contribution < 1.29 is 23.1 Å². The molecular weight excluding hydrogens is 588 g/mol. The molecule has 0 aliphatic heterocycles. The van der Waals surface area contributed by atoms with Gasteiger partial charge in [-0.3, -0.25) is 14.5 Å². The highest BCUT2D eigenvalue weighted by Gasteiger charge is 2.46. The summed E-state index contributed by atoms with van der Waals surface area (Å²) in [5.41, 5.74) is 4.40. The molecule has 6 aromatic rings. The van der Waals surface area contributed by atoms with E-state index in [2.05, 4.69) is 10.4 Å². The standard InChI is InChI=1S/C35H28N4O5S/c1-45(43,44)29-7-4-6-24(18-29)25-17-26-20-36-39(21-28-14-11-22-5-2-3-8-31(22)37-28)32(26)30(19-25)33(40)38-35(15-16-35)27-12-9-23(10-13-27)34(41)42/h2-14,17-20H,15-16,21H2,1H3,(H,38,40)(H,41,42). The van der Waals surface area contributed by atoms with Crippen molar-refractivity contribution in [3.8, 4) is 11.1 Å². The summed E-state index contributed by atoms with van der Waals surface area (Å²) in [5, 5.41) is 18.9. The predicted octanol–water partition coefficient (Wildman–Crippen LogP) is 5.82. The maximum atomic E-state index is 14.2. The Hall–Kier alpha value is -5.35. The van der Waals surface area contributed by atoms with Crippen molar-refractivity contribution in [2.45, 2.75) is 29.8 Å². The van der Waals surface area contributed by atoms with Crippen LogP contribution in [0.3, 0.4) is 0 Å². The van der Waals surface area contributed by atoms with Crippen LogP contribution in [0.5, 0.6) is 0 Å². The van der Waals surface area contributed by atoms with Crippen LogP contribution in [0, 0.1) is 0 Å². The highest BCUT2D eigenvalue weighted by atomic mass is 32.2. The lowest BCUT2D eigenvalue weighted by Crippen LogP contribution is -2.35. The van der Waals surface area contributed by atoms with Gasteiger partial charge in [-0.05, 0) is 78.1 Å². The quantitative estimate of drug-likeness (QED) is 0.220. The first-order chi connectivity index (χ1) is 21.6. The van der Waals surface area contributed by atoms with Crippen molar-refractivity contribution in [1.29, 1.82) is 0 Å². The first kappa shape index (κ1) is 28.4. The summed E-state index contributed by atoms with van der Waals surface area (Å²) in [6, 6.07) is 28.7. The lowest BCUT2D eigenvalue weighted by atomic mass is 9.98. The van der Waals surface area contributed by atoms with E-state index in [4.69, 9.17) is 4.98 Å². The zero-order chi connectivity index (χ0) is 31.3. The Labute approximate surface area is 259 Å². The number of aromatic carboxylic acids is 1. The maximum absolute atomic E-state index is 14.2. The third kappa shape index (κ3) is 5.44. The first-order valence-electron chi connectivity index (χ1n) is 14.4. The van der Waals surface area contributed by atoms with E-state index in [-0.39, 0.29) is 16.4 Å². The number of aromatic nitrogens is 3. The average molecular weight is 617 g/mol. The number of fused-ring (bicyclic) bond motifs is 2. The average Bonchev–Trinajstić information content (AvgIpc) is 3.71. The van der Waals surface area contributed by atoms with Gasteiger partial charge in [0.05, 0.1) is 51.0 Å². The molecule has 4 aromatic carbocycles. The molecule has 0 bridgehead atoms. The van der Waals surface area contributed by atoms with Gasteiger partial charge in [0, 0.05) is 17.0 Å². The van der Waals surface area contributed by atoms with E-state index in [1.165, 1.54) is 0 Å². The predicted molar refractivity (Wildman–Crippen MR) is 171 cm³/mol. The third-order valence-electron chi connectivity index (χ3n) is 8.33. The summed E-state index contributed by atoms with van der Waals surface area (Å²) in [6.45, 7) is 0.333. The first-order valence-corrected chi connectivity index (χ1v) is 16.3. The topological polar surface area (TPSA) is 131 Å². The monoisotopic (exact) mass is 616 g/mol. The second-order valence-electron chi connectivity index (χ2n) is 11.5. The molecule has 1 fully saturated rings. The largest absolute Gasteiger partial charge is 0.478 e. The molecule has 0 unspecified atom stereocenters. The van der Waals surface area contributed by atoms with E-state index in [0.717, 1.165) is 33.8 Å². The summed E-state index contributed by atoms with van der Waals surface area (Å²) in [6.07, 6.45) is 4.29. The minimum absolute atomic E-state index is 0.179. The SMILES string of the molecule is CS(=O)(=O)c1cccc(-c2cc(C(=O)NC3(c4ccc(C(=O)O)cc4)CC3)c3c(cnn3Cc3ccc4ccccc4n3)c2)c1. The number of rotatable bonds is 8. The normalized spacial score (nSPS) is 14.0. The highest BCUT2D eigenvalue weighted by molar-refractivity contribution is 7.90. The molecule has 1 aliphatic carbocycles. The van der Waals surface area contributed by atoms with Gasteiger partial charge in [-0.1, -0.05) is 48.5 Å². The van der Waals surface area contributed by atoms with Crippen molar-refractivity contribution in [2.24, 2.45) is 0 Å². The number of hydrogen-bond donors (Lipinski definition) is 2. The van der Waals surface area contributed by atoms with E-state index in [9.17, 15) is 23.1 Å². The van der Waals surface area contributed by atoms with Crippen LogP contribution in [-0.2, 0) is 21.9 Å². The molecule has 1 aliphatic rings. The second kappa shape index (κ2) is 10.7. The molecule has 2 heterocycles. The highest BCUT2D eigenvalue weighted by Crippen LogP contribution is 2.46. The van der Waals surface area contributed by atoms with E-state index in [1.807, 2.05) is 48.5 Å². The van der Waals surface area contributed by atoms with E-state index < -0.39 is 21.3 Å². The van der Waals surface area contributed by atoms with Crippen LogP contribution >= 0.6 is 0 Å². The Kier molecular flexibility index (Phi) is 6.74. The summed E-state index contributed by atoms with van der Waals surface area (Å²) in [5.74, 6) is -1.32. The van der Waals surface area contributed by atoms with Gasteiger partial charge in [-0.15, -0.1) is 0 Å². The molecule has 1 saturated carbocycles. The zero-order valence-electron chi connectivity index (χ0n) is 24.3. The number of benzene rings is 4. The Morgan fingerprint density at radius 3 is 2.40 bits per heavy atom. The van der Waals surface area contributed by atoms with Crippen LogP contribution in [0.25, 0.3) is 32.9 Å². The molecule has 45 heavy (non-hydrogen) atoms. The molecule has 0 saturated heterocycles. The molecule has 9 nitrogen and oxygen atoms in total. The lowest BCUT2D eigenvalue weighted by molar-refractivity contribution is 0.0696. The summed E-state index contributed by atoms with van der Waals surface area (Å²) < 4.78 is 26.4. The van der Waals surface area contributed by atoms with Gasteiger partial charge in [-0.2, -0.15) is 5.10 Å². The second-order valence-corrected chi connectivity index (χ2v) is 13.5. The minimum Gasteiger partial charge on any atom is -0.478 e. The maximum Gasteiger partial charge on any atom is 0.335 e. The molecule has 0 atom stereocenters. The molecule has 10 heteroatoms. The van der Waals surface area contributed by atoms with Gasteiger partial charge >= 0.3 is 5.97 Å². The molecule has 0 radical (unpaired) electrons. The van der Waals surface area contributed by atoms with Crippen LogP contribution < -0.4 is 5.32 Å². The van der Waals surface area contributed by atoms with Crippen molar-refractivity contribution in [2.75, 3.05) is 6.26 Å². The minimum atomic E-state index is -3.44. The lowest BCUT2D eigenvalue weighted by Gasteiger charge is -2.19. The molecule has 2 aromatic heterocycles. The van der Waals surface area contributed by atoms with Crippen LogP contribution in [0.15, 0.2) is 108 Å². The number of carbonyl (C=O) groups excluding carboxylic acids is 1. The fourth-order valence-electron chi connectivity index (χ4n) is 5.78. The molecule has 2 N–H and O–H groups in total. The fraction of sp³-hybridized carbons (Fsp3) is 0.143. The fourth-order valence-corrected chi connectivity index (χ4v) is 6.44. The Morgan fingerprint density at radius 1 is 0.889 bits per heavy atom. The number of hydrogen-bond acceptors (Lipinski definition) is 6. The van der Waals surface area contributed by atoms with Crippen molar-refractivity contribution in [3.63, 3.8) is 0 Å². The van der Waals surface area contributed by atoms with Gasteiger partial charge in [0.25, 0.3) is 5.91 Å². The molecule has 0 spiro atoms. The number of carboxylic acid groups (broad SMARTS) is 1. The molecular formula is C35H28N4O5S. The van der Waals surface area contributed by atoms with Crippen LogP contribution in [0.2, 0.25) is 0 Å². The summed E-state index contributed by atoms with van der Waals surface area (Å²) >= 11 is 0. The van der Waals surface area contributed by atoms with Crippen LogP contribution in [0.4, 0.5) is 0 Å². The number of amides is 1. The Morgan fingerprint density at radius 2 is 1.67 bits per heavy atom. The van der Waals surface area contributed by atoms with Crippen molar-refractivity contribution >= 4 is 43.5 Å². The Bertz CT molecular complexity index is 2250. The number of carboxylic acids is 1. The number of pyridine rings is 1. The molecule has 1 amide bonds. The van der Waals surface area contributed by atoms with Gasteiger partial charge in [0.2, 0.25) is 0 Å². The van der Waals surface area contributed by atoms with Gasteiger partial charge in [-0.25, -0.2) is 13.2 Å². The Balaban J connectivity index is 1.32. The van der Waals surface area contributed by atoms with Gasteiger partial charge in [0.15, 0.2) is 9.84 Å². The van der Waals surface area contributed by atoms with E-state index in [0.29, 0.717) is 41.6 Å². The van der Waals surface area contributed by atoms with E-state index in [1.54, 1.807) is 59.4 Å². The van der Waals surface area contributed by atoms with Gasteiger partial charge in [0.1, 0.15) is 0 Å². The summed E-state index contributed by atoms with van der Waals surface area (Å²) in [4.78, 5) is 30.6. The molecule has 7 rings (SSSR count). The number of sulfone groups is 1. The summed E-state index contributed by atoms with van der Waals surface area (Å²) in [7, 11) is -3.44. The smallest absolute Gasteiger partial charge is 0.335 e. The number of nitrogens with zero attached hydrogens (tertiary/aromatic N) is 3. The molecule has 224 valence electrons. The van der Waals surface area contributed by atoms with Gasteiger partial charge < -0.3 is 10.4 Å². The van der Waals surface area contributed by atoms with E-state index >= 15 is 0 Å². The van der Waals surface area contributed by atoms with Crippen LogP contribution in [0.1, 0.15) is 44.8 Å². The third-order valence-corrected chi connectivity index (χ3v) is 9.44. The van der Waals surface area contributed by atoms with Crippen molar-refractivity contribution in [1.82, 2.24) is 20.1 Å².